The molecular formula is C29H27F3N7O4+. The van der Waals surface area contributed by atoms with E-state index < -0.39 is 29.4 Å². The smallest absolute Gasteiger partial charge is 0.416 e. The highest BCUT2D eigenvalue weighted by atomic mass is 19.4. The number of carbonyl (C=O) groups is 1. The van der Waals surface area contributed by atoms with Crippen LogP contribution in [0, 0.1) is 11.3 Å². The molecule has 0 amide bonds. The van der Waals surface area contributed by atoms with Crippen LogP contribution in [0.25, 0.3) is 0 Å². The van der Waals surface area contributed by atoms with Crippen LogP contribution in [-0.4, -0.2) is 37.5 Å². The number of halogens is 3. The summed E-state index contributed by atoms with van der Waals surface area (Å²) in [4.78, 5) is 28.0. The lowest BCUT2D eigenvalue weighted by Gasteiger charge is -2.36. The highest BCUT2D eigenvalue weighted by Crippen LogP contribution is 2.43. The molecule has 2 aromatic heterocycles. The van der Waals surface area contributed by atoms with Crippen molar-refractivity contribution in [3.8, 4) is 6.07 Å². The fourth-order valence-electron chi connectivity index (χ4n) is 5.44. The summed E-state index contributed by atoms with van der Waals surface area (Å²) < 4.78 is 50.7. The Morgan fingerprint density at radius 1 is 1.26 bits per heavy atom. The quantitative estimate of drug-likeness (QED) is 0.248. The summed E-state index contributed by atoms with van der Waals surface area (Å²) >= 11 is 0. The fraction of sp³-hybridized carbons (Fsp3) is 0.276. The molecule has 0 fully saturated rings. The number of nitriles is 1. The number of hydrogen-bond donors (Lipinski definition) is 2. The molecule has 2 N–H and O–H groups in total. The van der Waals surface area contributed by atoms with Crippen molar-refractivity contribution in [2.45, 2.75) is 38.7 Å². The summed E-state index contributed by atoms with van der Waals surface area (Å²) in [5, 5.41) is 25.9. The number of anilines is 2. The average molecular weight is 595 g/mol. The summed E-state index contributed by atoms with van der Waals surface area (Å²) in [7, 11) is 2.97. The molecule has 1 aliphatic rings. The molecule has 0 spiro atoms. The molecule has 14 heteroatoms. The van der Waals surface area contributed by atoms with Crippen molar-refractivity contribution < 1.29 is 32.4 Å². The molecule has 0 saturated carbocycles. The number of ether oxygens (including phenoxy) is 1. The van der Waals surface area contributed by atoms with Gasteiger partial charge in [-0.05, 0) is 48.4 Å². The van der Waals surface area contributed by atoms with Crippen molar-refractivity contribution in [1.82, 2.24) is 19.3 Å². The molecule has 1 aliphatic heterocycles. The monoisotopic (exact) mass is 594 g/mol. The minimum Gasteiger partial charge on any atom is -0.466 e. The molecule has 0 radical (unpaired) electrons. The van der Waals surface area contributed by atoms with Gasteiger partial charge in [-0.1, -0.05) is 12.1 Å². The Balaban J connectivity index is 1.71. The number of aryl methyl sites for hydroxylation is 3. The zero-order chi connectivity index (χ0) is 31.1. The van der Waals surface area contributed by atoms with Gasteiger partial charge in [0.2, 0.25) is 5.95 Å². The van der Waals surface area contributed by atoms with Crippen molar-refractivity contribution in [3.05, 3.63) is 105 Å². The van der Waals surface area contributed by atoms with Crippen LogP contribution >= 0.6 is 0 Å². The maximum atomic E-state index is 13.6. The number of rotatable bonds is 7. The molecule has 222 valence electrons. The number of H-pyrrole nitrogens is 1. The molecule has 0 bridgehead atoms. The summed E-state index contributed by atoms with van der Waals surface area (Å²) in [5.74, 6) is -0.185. The van der Waals surface area contributed by atoms with E-state index in [4.69, 9.17) is 4.74 Å². The van der Waals surface area contributed by atoms with Gasteiger partial charge in [-0.25, -0.2) is 28.4 Å². The molecule has 0 aliphatic carbocycles. The van der Waals surface area contributed by atoms with E-state index >= 15 is 0 Å². The number of nitrogens with one attached hydrogen (secondary N) is 1. The number of methoxy groups -OCH3 is 1. The fourth-order valence-corrected chi connectivity index (χ4v) is 5.44. The topological polar surface area (TPSA) is 133 Å². The Bertz CT molecular complexity index is 1850. The number of benzene rings is 2. The maximum absolute atomic E-state index is 13.6. The SMILES string of the molecule is COC(=O)C1=C(C)N(c2cccc(C(F)(F)F)c2)c2n[nH]c(=O)n2[C@@H]1c1ccc(C#N)cc1CC[n+]1ccn(C)c1CO. The van der Waals surface area contributed by atoms with Crippen LogP contribution in [0.3, 0.4) is 0 Å². The lowest BCUT2D eigenvalue weighted by molar-refractivity contribution is -0.705. The van der Waals surface area contributed by atoms with Crippen LogP contribution in [0.1, 0.15) is 41.0 Å². The van der Waals surface area contributed by atoms with Gasteiger partial charge >= 0.3 is 17.8 Å². The Morgan fingerprint density at radius 2 is 2.02 bits per heavy atom. The molecule has 43 heavy (non-hydrogen) atoms. The van der Waals surface area contributed by atoms with E-state index in [9.17, 15) is 33.1 Å². The standard InChI is InChI=1S/C29H26F3N7O4/c1-17-24(26(41)43-3)25(22-8-7-18(15-33)13-19(22)9-10-37-12-11-36(2)23(37)16-40)39-27(34-35-28(39)42)38(17)21-6-4-5-20(14-21)29(30,31)32/h4-8,11-14,25,40H,9-10,16H2,1-3H3/p+1/t25-/m1/s1. The van der Waals surface area contributed by atoms with E-state index in [1.807, 2.05) is 4.57 Å². The number of imidazole rings is 1. The third kappa shape index (κ3) is 5.19. The lowest BCUT2D eigenvalue weighted by atomic mass is 9.89. The zero-order valence-corrected chi connectivity index (χ0v) is 23.4. The molecular weight excluding hydrogens is 567 g/mol. The normalized spacial score (nSPS) is 14.9. The van der Waals surface area contributed by atoms with Gasteiger partial charge in [0.1, 0.15) is 25.0 Å². The number of aromatic amines is 1. The van der Waals surface area contributed by atoms with Crippen molar-refractivity contribution in [2.24, 2.45) is 7.05 Å². The molecule has 0 saturated heterocycles. The summed E-state index contributed by atoms with van der Waals surface area (Å²) in [5.41, 5.74) is 0.0907. The number of carbonyl (C=O) groups excluding carboxylic acids is 1. The van der Waals surface area contributed by atoms with Gasteiger partial charge in [0.05, 0.1) is 43.5 Å². The predicted molar refractivity (Wildman–Crippen MR) is 146 cm³/mol. The number of esters is 1. The van der Waals surface area contributed by atoms with Crippen molar-refractivity contribution in [3.63, 3.8) is 0 Å². The van der Waals surface area contributed by atoms with Crippen molar-refractivity contribution >= 4 is 17.6 Å². The van der Waals surface area contributed by atoms with E-state index in [-0.39, 0.29) is 29.5 Å². The van der Waals surface area contributed by atoms with Gasteiger partial charge in [-0.2, -0.15) is 18.4 Å². The van der Waals surface area contributed by atoms with Crippen LogP contribution in [0.2, 0.25) is 0 Å². The van der Waals surface area contributed by atoms with Gasteiger partial charge in [0.25, 0.3) is 5.82 Å². The number of aliphatic hydroxyl groups excluding tert-OH is 1. The lowest BCUT2D eigenvalue weighted by Crippen LogP contribution is -2.39. The van der Waals surface area contributed by atoms with Gasteiger partial charge in [-0.15, -0.1) is 5.10 Å². The van der Waals surface area contributed by atoms with Crippen molar-refractivity contribution in [2.75, 3.05) is 12.0 Å². The van der Waals surface area contributed by atoms with Gasteiger partial charge in [-0.3, -0.25) is 4.90 Å². The number of alkyl halides is 3. The second-order valence-electron chi connectivity index (χ2n) is 9.93. The number of aromatic nitrogens is 5. The van der Waals surface area contributed by atoms with Gasteiger partial charge in [0, 0.05) is 17.8 Å². The summed E-state index contributed by atoms with van der Waals surface area (Å²) in [6, 6.07) is 10.3. The Hall–Kier alpha value is -5.16. The second kappa shape index (κ2) is 11.3. The van der Waals surface area contributed by atoms with Crippen molar-refractivity contribution in [1.29, 1.82) is 5.26 Å². The first kappa shape index (κ1) is 29.3. The van der Waals surface area contributed by atoms with Gasteiger partial charge in [0.15, 0.2) is 0 Å². The summed E-state index contributed by atoms with van der Waals surface area (Å²) in [6.07, 6.45) is -0.696. The van der Waals surface area contributed by atoms with E-state index in [1.54, 1.807) is 49.1 Å². The largest absolute Gasteiger partial charge is 0.466 e. The van der Waals surface area contributed by atoms with Crippen LogP contribution < -0.4 is 15.2 Å². The average Bonchev–Trinajstić information content (AvgIpc) is 3.55. The first-order valence-corrected chi connectivity index (χ1v) is 13.1. The zero-order valence-electron chi connectivity index (χ0n) is 23.4. The number of nitrogens with zero attached hydrogens (tertiary/aromatic N) is 6. The second-order valence-corrected chi connectivity index (χ2v) is 9.93. The molecule has 1 atom stereocenters. The maximum Gasteiger partial charge on any atom is 0.416 e. The van der Waals surface area contributed by atoms with E-state index in [2.05, 4.69) is 16.3 Å². The molecule has 5 rings (SSSR count). The highest BCUT2D eigenvalue weighted by molar-refractivity contribution is 5.93. The van der Waals surface area contributed by atoms with E-state index in [0.29, 0.717) is 35.5 Å². The predicted octanol–water partition coefficient (Wildman–Crippen LogP) is 3.01. The van der Waals surface area contributed by atoms with E-state index in [1.165, 1.54) is 28.7 Å². The molecule has 11 nitrogen and oxygen atoms in total. The Morgan fingerprint density at radius 3 is 2.70 bits per heavy atom. The van der Waals surface area contributed by atoms with Crippen LogP contribution in [-0.2, 0) is 42.3 Å². The van der Waals surface area contributed by atoms with Gasteiger partial charge < -0.3 is 9.84 Å². The Kier molecular flexibility index (Phi) is 7.68. The minimum absolute atomic E-state index is 0.00489. The third-order valence-corrected chi connectivity index (χ3v) is 7.52. The number of allylic oxidation sites excluding steroid dienone is 1. The highest BCUT2D eigenvalue weighted by Gasteiger charge is 2.41. The molecule has 4 aromatic rings. The molecule has 2 aromatic carbocycles. The first-order chi connectivity index (χ1) is 20.5. The number of hydrogen-bond acceptors (Lipinski definition) is 7. The first-order valence-electron chi connectivity index (χ1n) is 13.1. The molecule has 0 unspecified atom stereocenters. The van der Waals surface area contributed by atoms with Crippen LogP contribution in [0.4, 0.5) is 24.8 Å². The number of aliphatic hydroxyl groups is 1. The third-order valence-electron chi connectivity index (χ3n) is 7.52. The number of fused-ring (bicyclic) bond motifs is 1. The Labute approximate surface area is 243 Å². The summed E-state index contributed by atoms with van der Waals surface area (Å²) in [6.45, 7) is 1.73. The molecule has 3 heterocycles. The van der Waals surface area contributed by atoms with E-state index in [0.717, 1.165) is 12.1 Å². The van der Waals surface area contributed by atoms with Crippen LogP contribution in [0.5, 0.6) is 0 Å². The van der Waals surface area contributed by atoms with Crippen LogP contribution in [0.15, 0.2) is 70.9 Å². The minimum atomic E-state index is -4.63.